The summed E-state index contributed by atoms with van der Waals surface area (Å²) >= 11 is 3.41. The fraction of sp³-hybridized carbons (Fsp3) is 0.667. The van der Waals surface area contributed by atoms with Crippen molar-refractivity contribution in [2.45, 2.75) is 18.6 Å². The van der Waals surface area contributed by atoms with Crippen molar-refractivity contribution >= 4 is 15.9 Å². The summed E-state index contributed by atoms with van der Waals surface area (Å²) in [5.41, 5.74) is 1.10. The fourth-order valence-corrected chi connectivity index (χ4v) is 2.74. The van der Waals surface area contributed by atoms with Gasteiger partial charge < -0.3 is 10.1 Å². The third kappa shape index (κ3) is 1.16. The predicted octanol–water partition coefficient (Wildman–Crippen LogP) is 0.864. The fourth-order valence-electron chi connectivity index (χ4n) is 2.33. The van der Waals surface area contributed by atoms with E-state index in [1.54, 1.807) is 0 Å². The van der Waals surface area contributed by atoms with E-state index in [0.717, 1.165) is 37.3 Å². The summed E-state index contributed by atoms with van der Waals surface area (Å²) in [6, 6.07) is 2.08. The summed E-state index contributed by atoms with van der Waals surface area (Å²) < 4.78 is 8.88. The highest BCUT2D eigenvalue weighted by Crippen LogP contribution is 2.35. The standard InChI is InChI=1S/C9H12BrN3O/c10-8-5-7-9(1-2-11-6-9)14-4-3-13(7)12-8/h5,11H,1-4,6H2. The van der Waals surface area contributed by atoms with Gasteiger partial charge in [0.2, 0.25) is 0 Å². The van der Waals surface area contributed by atoms with Crippen LogP contribution in [-0.4, -0.2) is 29.5 Å². The van der Waals surface area contributed by atoms with Gasteiger partial charge in [0.25, 0.3) is 0 Å². The first-order valence-electron chi connectivity index (χ1n) is 4.89. The molecule has 5 heteroatoms. The van der Waals surface area contributed by atoms with Gasteiger partial charge in [0.15, 0.2) is 0 Å². The van der Waals surface area contributed by atoms with Gasteiger partial charge in [-0.2, -0.15) is 5.10 Å². The lowest BCUT2D eigenvalue weighted by Crippen LogP contribution is -2.40. The van der Waals surface area contributed by atoms with Crippen LogP contribution in [0.2, 0.25) is 0 Å². The van der Waals surface area contributed by atoms with Gasteiger partial charge in [-0.15, -0.1) is 0 Å². The van der Waals surface area contributed by atoms with Crippen LogP contribution in [0.1, 0.15) is 12.1 Å². The Kier molecular flexibility index (Phi) is 1.93. The molecule has 1 saturated heterocycles. The van der Waals surface area contributed by atoms with Crippen LogP contribution < -0.4 is 5.32 Å². The minimum atomic E-state index is -0.114. The molecule has 0 bridgehead atoms. The van der Waals surface area contributed by atoms with Crippen molar-refractivity contribution in [2.24, 2.45) is 0 Å². The van der Waals surface area contributed by atoms with Gasteiger partial charge in [-0.05, 0) is 35.0 Å². The number of hydrogen-bond acceptors (Lipinski definition) is 3. The van der Waals surface area contributed by atoms with E-state index in [-0.39, 0.29) is 5.60 Å². The van der Waals surface area contributed by atoms with E-state index in [2.05, 4.69) is 37.1 Å². The van der Waals surface area contributed by atoms with Gasteiger partial charge in [0.05, 0.1) is 18.8 Å². The van der Waals surface area contributed by atoms with Crippen LogP contribution in [0.4, 0.5) is 0 Å². The number of nitrogens with one attached hydrogen (secondary N) is 1. The van der Waals surface area contributed by atoms with Crippen molar-refractivity contribution in [1.29, 1.82) is 0 Å². The van der Waals surface area contributed by atoms with Crippen LogP contribution in [0.25, 0.3) is 0 Å². The first-order valence-corrected chi connectivity index (χ1v) is 5.68. The highest BCUT2D eigenvalue weighted by Gasteiger charge is 2.41. The molecule has 0 saturated carbocycles. The summed E-state index contributed by atoms with van der Waals surface area (Å²) in [7, 11) is 0. The zero-order valence-corrected chi connectivity index (χ0v) is 9.38. The lowest BCUT2D eigenvalue weighted by atomic mass is 9.97. The first kappa shape index (κ1) is 8.88. The molecule has 76 valence electrons. The van der Waals surface area contributed by atoms with Crippen LogP contribution in [0, 0.1) is 0 Å². The number of hydrogen-bond donors (Lipinski definition) is 1. The number of rotatable bonds is 0. The summed E-state index contributed by atoms with van der Waals surface area (Å²) in [5, 5.41) is 7.75. The predicted molar refractivity (Wildman–Crippen MR) is 55.0 cm³/mol. The molecule has 1 atom stereocenters. The smallest absolute Gasteiger partial charge is 0.128 e. The van der Waals surface area contributed by atoms with E-state index in [1.165, 1.54) is 5.69 Å². The molecule has 4 nitrogen and oxygen atoms in total. The van der Waals surface area contributed by atoms with Gasteiger partial charge >= 0.3 is 0 Å². The molecule has 1 aromatic heterocycles. The Morgan fingerprint density at radius 1 is 1.64 bits per heavy atom. The second-order valence-electron chi connectivity index (χ2n) is 3.84. The van der Waals surface area contributed by atoms with E-state index < -0.39 is 0 Å². The Balaban J connectivity index is 2.09. The van der Waals surface area contributed by atoms with Gasteiger partial charge in [-0.25, -0.2) is 0 Å². The molecule has 1 N–H and O–H groups in total. The molecule has 2 aliphatic rings. The Morgan fingerprint density at radius 2 is 2.57 bits per heavy atom. The van der Waals surface area contributed by atoms with Crippen molar-refractivity contribution in [3.05, 3.63) is 16.4 Å². The third-order valence-corrected chi connectivity index (χ3v) is 3.40. The minimum absolute atomic E-state index is 0.114. The van der Waals surface area contributed by atoms with Crippen molar-refractivity contribution in [2.75, 3.05) is 19.7 Å². The number of aromatic nitrogens is 2. The Bertz CT molecular complexity index is 357. The average Bonchev–Trinajstić information content (AvgIpc) is 2.74. The van der Waals surface area contributed by atoms with E-state index in [0.29, 0.717) is 0 Å². The molecule has 3 rings (SSSR count). The first-order chi connectivity index (χ1) is 6.80. The normalized spacial score (nSPS) is 30.9. The topological polar surface area (TPSA) is 39.1 Å². The van der Waals surface area contributed by atoms with E-state index in [1.807, 2.05) is 0 Å². The zero-order chi connectivity index (χ0) is 9.60. The summed E-state index contributed by atoms with van der Waals surface area (Å²) in [6.07, 6.45) is 1.05. The number of fused-ring (bicyclic) bond motifs is 2. The van der Waals surface area contributed by atoms with Gasteiger partial charge in [0, 0.05) is 6.54 Å². The Labute approximate surface area is 90.7 Å². The molecule has 14 heavy (non-hydrogen) atoms. The largest absolute Gasteiger partial charge is 0.365 e. The summed E-state index contributed by atoms with van der Waals surface area (Å²) in [6.45, 7) is 3.57. The summed E-state index contributed by atoms with van der Waals surface area (Å²) in [4.78, 5) is 0. The van der Waals surface area contributed by atoms with Crippen LogP contribution in [-0.2, 0) is 16.9 Å². The van der Waals surface area contributed by atoms with Crippen molar-refractivity contribution in [3.63, 3.8) is 0 Å². The highest BCUT2D eigenvalue weighted by molar-refractivity contribution is 9.10. The molecule has 1 unspecified atom stereocenters. The molecule has 1 fully saturated rings. The number of halogens is 1. The maximum Gasteiger partial charge on any atom is 0.128 e. The monoisotopic (exact) mass is 257 g/mol. The van der Waals surface area contributed by atoms with Crippen LogP contribution >= 0.6 is 15.9 Å². The molecule has 1 aromatic rings. The molecule has 0 radical (unpaired) electrons. The van der Waals surface area contributed by atoms with Crippen molar-refractivity contribution in [1.82, 2.24) is 15.1 Å². The van der Waals surface area contributed by atoms with Gasteiger partial charge in [-0.1, -0.05) is 0 Å². The van der Waals surface area contributed by atoms with E-state index >= 15 is 0 Å². The Hall–Kier alpha value is -0.390. The van der Waals surface area contributed by atoms with Crippen molar-refractivity contribution in [3.8, 4) is 0 Å². The molecule has 0 amide bonds. The molecule has 2 aliphatic heterocycles. The average molecular weight is 258 g/mol. The van der Waals surface area contributed by atoms with Gasteiger partial charge in [-0.3, -0.25) is 4.68 Å². The lowest BCUT2D eigenvalue weighted by Gasteiger charge is -2.33. The molecule has 0 aliphatic carbocycles. The number of nitrogens with zero attached hydrogens (tertiary/aromatic N) is 2. The zero-order valence-electron chi connectivity index (χ0n) is 7.79. The second kappa shape index (κ2) is 3.05. The van der Waals surface area contributed by atoms with Crippen LogP contribution in [0.5, 0.6) is 0 Å². The quantitative estimate of drug-likeness (QED) is 0.750. The van der Waals surface area contributed by atoms with Crippen LogP contribution in [0.3, 0.4) is 0 Å². The molecule has 1 spiro atoms. The highest BCUT2D eigenvalue weighted by atomic mass is 79.9. The summed E-state index contributed by atoms with van der Waals surface area (Å²) in [5.74, 6) is 0. The minimum Gasteiger partial charge on any atom is -0.365 e. The van der Waals surface area contributed by atoms with Crippen molar-refractivity contribution < 1.29 is 4.74 Å². The molecular weight excluding hydrogens is 246 g/mol. The van der Waals surface area contributed by atoms with Crippen LogP contribution in [0.15, 0.2) is 10.7 Å². The lowest BCUT2D eigenvalue weighted by molar-refractivity contribution is -0.0657. The van der Waals surface area contributed by atoms with E-state index in [9.17, 15) is 0 Å². The SMILES string of the molecule is Brc1cc2n(n1)CCOC21CCNC1. The molecule has 3 heterocycles. The molecular formula is C9H12BrN3O. The van der Waals surface area contributed by atoms with E-state index in [4.69, 9.17) is 4.74 Å². The number of ether oxygens (including phenoxy) is 1. The molecule has 0 aromatic carbocycles. The maximum absolute atomic E-state index is 5.92. The second-order valence-corrected chi connectivity index (χ2v) is 4.66. The van der Waals surface area contributed by atoms with Gasteiger partial charge in [0.1, 0.15) is 10.2 Å². The Morgan fingerprint density at radius 3 is 3.36 bits per heavy atom. The maximum atomic E-state index is 5.92. The third-order valence-electron chi connectivity index (χ3n) is 3.01.